The number of amides is 1. The first-order valence-electron chi connectivity index (χ1n) is 8.90. The number of benzene rings is 2. The van der Waals surface area contributed by atoms with Gasteiger partial charge in [-0.05, 0) is 36.4 Å². The number of fused-ring (bicyclic) bond motifs is 1. The lowest BCUT2D eigenvalue weighted by molar-refractivity contribution is 0.0698. The highest BCUT2D eigenvalue weighted by molar-refractivity contribution is 9.10. The van der Waals surface area contributed by atoms with Crippen LogP contribution in [0.25, 0.3) is 0 Å². The van der Waals surface area contributed by atoms with Crippen LogP contribution in [0.1, 0.15) is 10.4 Å². The lowest BCUT2D eigenvalue weighted by atomic mass is 10.2. The molecule has 2 aromatic carbocycles. The summed E-state index contributed by atoms with van der Waals surface area (Å²) in [6.45, 7) is 2.04. The normalized spacial score (nSPS) is 17.4. The SMILES string of the molecule is O=C(c1ccc(Br)cc1)N1CCN(S(=O)(=O)c2ccc3c(c2)OCCO3)CC1. The van der Waals surface area contributed by atoms with Gasteiger partial charge in [0.1, 0.15) is 13.2 Å². The summed E-state index contributed by atoms with van der Waals surface area (Å²) in [5.74, 6) is 0.898. The van der Waals surface area contributed by atoms with Crippen molar-refractivity contribution < 1.29 is 22.7 Å². The number of sulfonamides is 1. The van der Waals surface area contributed by atoms with E-state index >= 15 is 0 Å². The van der Waals surface area contributed by atoms with Gasteiger partial charge in [-0.3, -0.25) is 4.79 Å². The van der Waals surface area contributed by atoms with Crippen molar-refractivity contribution in [3.8, 4) is 11.5 Å². The topological polar surface area (TPSA) is 76.2 Å². The minimum Gasteiger partial charge on any atom is -0.486 e. The molecule has 7 nitrogen and oxygen atoms in total. The number of ether oxygens (including phenoxy) is 2. The van der Waals surface area contributed by atoms with E-state index in [4.69, 9.17) is 9.47 Å². The van der Waals surface area contributed by atoms with E-state index in [1.54, 1.807) is 23.1 Å². The summed E-state index contributed by atoms with van der Waals surface area (Å²) in [5.41, 5.74) is 0.589. The third-order valence-corrected chi connectivity index (χ3v) is 7.19. The molecule has 2 aromatic rings. The summed E-state index contributed by atoms with van der Waals surface area (Å²) in [6.07, 6.45) is 0. The van der Waals surface area contributed by atoms with Crippen molar-refractivity contribution in [3.05, 3.63) is 52.5 Å². The Balaban J connectivity index is 1.45. The Bertz CT molecular complexity index is 986. The average molecular weight is 467 g/mol. The van der Waals surface area contributed by atoms with Gasteiger partial charge in [0.2, 0.25) is 10.0 Å². The van der Waals surface area contributed by atoms with Crippen LogP contribution in [0.4, 0.5) is 0 Å². The minimum atomic E-state index is -3.66. The quantitative estimate of drug-likeness (QED) is 0.693. The second-order valence-electron chi connectivity index (χ2n) is 6.51. The fraction of sp³-hybridized carbons (Fsp3) is 0.316. The predicted molar refractivity (Wildman–Crippen MR) is 106 cm³/mol. The summed E-state index contributed by atoms with van der Waals surface area (Å²) in [7, 11) is -3.66. The Kier molecular flexibility index (Phi) is 5.31. The third kappa shape index (κ3) is 3.74. The van der Waals surface area contributed by atoms with Crippen molar-refractivity contribution >= 4 is 31.9 Å². The first-order chi connectivity index (χ1) is 13.4. The van der Waals surface area contributed by atoms with Gasteiger partial charge in [-0.25, -0.2) is 8.42 Å². The molecule has 4 rings (SSSR count). The number of carbonyl (C=O) groups excluding carboxylic acids is 1. The molecule has 0 bridgehead atoms. The van der Waals surface area contributed by atoms with Gasteiger partial charge in [0.05, 0.1) is 4.90 Å². The molecule has 0 atom stereocenters. The molecule has 0 N–H and O–H groups in total. The van der Waals surface area contributed by atoms with E-state index < -0.39 is 10.0 Å². The van der Waals surface area contributed by atoms with Crippen LogP contribution in [-0.4, -0.2) is 62.9 Å². The van der Waals surface area contributed by atoms with Crippen molar-refractivity contribution in [3.63, 3.8) is 0 Å². The Morgan fingerprint density at radius 3 is 2.21 bits per heavy atom. The number of hydrogen-bond donors (Lipinski definition) is 0. The van der Waals surface area contributed by atoms with Crippen molar-refractivity contribution in [2.45, 2.75) is 4.90 Å². The van der Waals surface area contributed by atoms with E-state index in [9.17, 15) is 13.2 Å². The number of hydrogen-bond acceptors (Lipinski definition) is 5. The highest BCUT2D eigenvalue weighted by Gasteiger charge is 2.31. The van der Waals surface area contributed by atoms with E-state index in [-0.39, 0.29) is 23.9 Å². The van der Waals surface area contributed by atoms with Crippen molar-refractivity contribution in [2.75, 3.05) is 39.4 Å². The molecule has 28 heavy (non-hydrogen) atoms. The average Bonchev–Trinajstić information content (AvgIpc) is 2.73. The molecule has 0 aliphatic carbocycles. The number of rotatable bonds is 3. The van der Waals surface area contributed by atoms with Crippen molar-refractivity contribution in [2.24, 2.45) is 0 Å². The van der Waals surface area contributed by atoms with Gasteiger partial charge in [-0.2, -0.15) is 4.31 Å². The fourth-order valence-corrected chi connectivity index (χ4v) is 4.94. The zero-order chi connectivity index (χ0) is 19.7. The highest BCUT2D eigenvalue weighted by Crippen LogP contribution is 2.33. The smallest absolute Gasteiger partial charge is 0.253 e. The zero-order valence-electron chi connectivity index (χ0n) is 15.0. The van der Waals surface area contributed by atoms with Crippen LogP contribution in [0, 0.1) is 0 Å². The Morgan fingerprint density at radius 1 is 0.893 bits per heavy atom. The first-order valence-corrected chi connectivity index (χ1v) is 11.1. The van der Waals surface area contributed by atoms with Crippen molar-refractivity contribution in [1.82, 2.24) is 9.21 Å². The molecule has 0 saturated carbocycles. The summed E-state index contributed by atoms with van der Waals surface area (Å²) < 4.78 is 39.2. The molecule has 0 spiro atoms. The zero-order valence-corrected chi connectivity index (χ0v) is 17.4. The highest BCUT2D eigenvalue weighted by atomic mass is 79.9. The maximum Gasteiger partial charge on any atom is 0.253 e. The molecule has 148 valence electrons. The number of halogens is 1. The van der Waals surface area contributed by atoms with Crippen LogP contribution in [0.15, 0.2) is 51.8 Å². The van der Waals surface area contributed by atoms with Crippen LogP contribution in [0.2, 0.25) is 0 Å². The standard InChI is InChI=1S/C19H19BrN2O5S/c20-15-3-1-14(2-4-15)19(23)21-7-9-22(10-8-21)28(24,25)16-5-6-17-18(13-16)27-12-11-26-17/h1-6,13H,7-12H2. The lowest BCUT2D eigenvalue weighted by Gasteiger charge is -2.34. The van der Waals surface area contributed by atoms with Crippen LogP contribution >= 0.6 is 15.9 Å². The van der Waals surface area contributed by atoms with Gasteiger partial charge in [0.15, 0.2) is 11.5 Å². The molecule has 9 heteroatoms. The lowest BCUT2D eigenvalue weighted by Crippen LogP contribution is -2.50. The summed E-state index contributed by atoms with van der Waals surface area (Å²) >= 11 is 3.35. The third-order valence-electron chi connectivity index (χ3n) is 4.77. The van der Waals surface area contributed by atoms with Gasteiger partial charge in [0, 0.05) is 42.3 Å². The molecule has 2 aliphatic rings. The number of carbonyl (C=O) groups is 1. The predicted octanol–water partition coefficient (Wildman–Crippen LogP) is 2.37. The summed E-state index contributed by atoms with van der Waals surface area (Å²) in [4.78, 5) is 14.5. The van der Waals surface area contributed by atoms with E-state index in [2.05, 4.69) is 15.9 Å². The van der Waals surface area contributed by atoms with Gasteiger partial charge >= 0.3 is 0 Å². The molecule has 0 aromatic heterocycles. The second kappa shape index (κ2) is 7.73. The van der Waals surface area contributed by atoms with Gasteiger partial charge in [-0.1, -0.05) is 15.9 Å². The van der Waals surface area contributed by atoms with Crippen molar-refractivity contribution in [1.29, 1.82) is 0 Å². The largest absolute Gasteiger partial charge is 0.486 e. The van der Waals surface area contributed by atoms with Gasteiger partial charge < -0.3 is 14.4 Å². The summed E-state index contributed by atoms with van der Waals surface area (Å²) in [6, 6.07) is 11.8. The summed E-state index contributed by atoms with van der Waals surface area (Å²) in [5, 5.41) is 0. The Hall–Kier alpha value is -2.10. The van der Waals surface area contributed by atoms with Gasteiger partial charge in [-0.15, -0.1) is 0 Å². The van der Waals surface area contributed by atoms with Crippen LogP contribution < -0.4 is 9.47 Å². The second-order valence-corrected chi connectivity index (χ2v) is 9.36. The first kappa shape index (κ1) is 19.2. The molecule has 2 aliphatic heterocycles. The van der Waals surface area contributed by atoms with Crippen LogP contribution in [0.3, 0.4) is 0 Å². The molecule has 1 amide bonds. The Morgan fingerprint density at radius 2 is 1.54 bits per heavy atom. The molecule has 2 heterocycles. The van der Waals surface area contributed by atoms with E-state index in [1.807, 2.05) is 12.1 Å². The molecule has 1 saturated heterocycles. The number of nitrogens with zero attached hydrogens (tertiary/aromatic N) is 2. The van der Waals surface area contributed by atoms with E-state index in [0.717, 1.165) is 4.47 Å². The molecule has 0 radical (unpaired) electrons. The van der Waals surface area contributed by atoms with Crippen LogP contribution in [-0.2, 0) is 10.0 Å². The maximum atomic E-state index is 13.0. The number of piperazine rings is 1. The van der Waals surface area contributed by atoms with E-state index in [1.165, 1.54) is 16.4 Å². The molecule has 1 fully saturated rings. The molecule has 0 unspecified atom stereocenters. The Labute approximate surface area is 172 Å². The maximum absolute atomic E-state index is 13.0. The molecular weight excluding hydrogens is 448 g/mol. The van der Waals surface area contributed by atoms with E-state index in [0.29, 0.717) is 43.4 Å². The molecular formula is C19H19BrN2O5S. The monoisotopic (exact) mass is 466 g/mol. The van der Waals surface area contributed by atoms with Crippen LogP contribution in [0.5, 0.6) is 11.5 Å². The van der Waals surface area contributed by atoms with Gasteiger partial charge in [0.25, 0.3) is 5.91 Å². The minimum absolute atomic E-state index is 0.0936. The fourth-order valence-electron chi connectivity index (χ4n) is 3.24.